The molecule has 0 radical (unpaired) electrons. The maximum Gasteiger partial charge on any atom is 0.229 e. The summed E-state index contributed by atoms with van der Waals surface area (Å²) in [5, 5.41) is 18.2. The first kappa shape index (κ1) is 18.4. The maximum absolute atomic E-state index is 10.4. The largest absolute Gasteiger partial charge is 0.491 e. The lowest BCUT2D eigenvalue weighted by Gasteiger charge is -2.28. The SMILES string of the molecule is Cc1ccc(OCC(O)CNC2(c3noc(C4CC4)n3)CCCC2)c(C)c1. The van der Waals surface area contributed by atoms with Crippen LogP contribution in [0.15, 0.2) is 22.7 Å². The Balaban J connectivity index is 1.34. The van der Waals surface area contributed by atoms with E-state index < -0.39 is 6.10 Å². The number of benzene rings is 1. The van der Waals surface area contributed by atoms with Gasteiger partial charge in [0, 0.05) is 12.5 Å². The molecule has 1 unspecified atom stereocenters. The molecule has 2 aliphatic carbocycles. The van der Waals surface area contributed by atoms with Crippen molar-refractivity contribution in [2.45, 2.75) is 69.9 Å². The van der Waals surface area contributed by atoms with Gasteiger partial charge in [-0.1, -0.05) is 35.7 Å². The van der Waals surface area contributed by atoms with Crippen LogP contribution in [0.5, 0.6) is 5.75 Å². The molecule has 6 heteroatoms. The lowest BCUT2D eigenvalue weighted by molar-refractivity contribution is 0.0947. The van der Waals surface area contributed by atoms with Crippen molar-refractivity contribution in [3.05, 3.63) is 41.0 Å². The summed E-state index contributed by atoms with van der Waals surface area (Å²) < 4.78 is 11.3. The van der Waals surface area contributed by atoms with Crippen LogP contribution >= 0.6 is 0 Å². The molecule has 1 aromatic heterocycles. The quantitative estimate of drug-likeness (QED) is 0.741. The fourth-order valence-corrected chi connectivity index (χ4v) is 3.90. The minimum Gasteiger partial charge on any atom is -0.491 e. The van der Waals surface area contributed by atoms with Crippen LogP contribution in [0.4, 0.5) is 0 Å². The first-order valence-corrected chi connectivity index (χ1v) is 10.0. The van der Waals surface area contributed by atoms with Crippen LogP contribution in [0.2, 0.25) is 0 Å². The van der Waals surface area contributed by atoms with Gasteiger partial charge in [-0.3, -0.25) is 0 Å². The summed E-state index contributed by atoms with van der Waals surface area (Å²) in [5.41, 5.74) is 2.01. The number of ether oxygens (including phenoxy) is 1. The molecule has 1 atom stereocenters. The van der Waals surface area contributed by atoms with E-state index in [1.165, 1.54) is 5.56 Å². The Bertz CT molecular complexity index is 779. The van der Waals surface area contributed by atoms with Crippen LogP contribution in [0.1, 0.15) is 67.3 Å². The fraction of sp³-hybridized carbons (Fsp3) is 0.619. The molecule has 1 aromatic carbocycles. The Morgan fingerprint density at radius 2 is 2.07 bits per heavy atom. The lowest BCUT2D eigenvalue weighted by Crippen LogP contribution is -2.45. The van der Waals surface area contributed by atoms with Crippen molar-refractivity contribution in [2.24, 2.45) is 0 Å². The minimum absolute atomic E-state index is 0.256. The van der Waals surface area contributed by atoms with Crippen molar-refractivity contribution in [1.29, 1.82) is 0 Å². The zero-order chi connectivity index (χ0) is 18.9. The Morgan fingerprint density at radius 3 is 2.78 bits per heavy atom. The number of aliphatic hydroxyl groups is 1. The maximum atomic E-state index is 10.4. The van der Waals surface area contributed by atoms with Gasteiger partial charge in [-0.25, -0.2) is 0 Å². The van der Waals surface area contributed by atoms with Crippen LogP contribution in [0.3, 0.4) is 0 Å². The number of aryl methyl sites for hydroxylation is 2. The van der Waals surface area contributed by atoms with E-state index in [4.69, 9.17) is 9.26 Å². The third kappa shape index (κ3) is 4.17. The number of rotatable bonds is 8. The number of nitrogens with zero attached hydrogens (tertiary/aromatic N) is 2. The van der Waals surface area contributed by atoms with Crippen molar-refractivity contribution in [3.63, 3.8) is 0 Å². The zero-order valence-electron chi connectivity index (χ0n) is 16.2. The second-order valence-electron chi connectivity index (χ2n) is 8.13. The van der Waals surface area contributed by atoms with E-state index in [0.29, 0.717) is 12.5 Å². The number of aromatic nitrogens is 2. The summed E-state index contributed by atoms with van der Waals surface area (Å²) in [7, 11) is 0. The summed E-state index contributed by atoms with van der Waals surface area (Å²) in [4.78, 5) is 4.66. The van der Waals surface area contributed by atoms with Crippen LogP contribution in [0.25, 0.3) is 0 Å². The second kappa shape index (κ2) is 7.60. The van der Waals surface area contributed by atoms with Crippen LogP contribution in [-0.2, 0) is 5.54 Å². The molecule has 0 spiro atoms. The van der Waals surface area contributed by atoms with E-state index in [1.807, 2.05) is 19.1 Å². The van der Waals surface area contributed by atoms with Gasteiger partial charge in [0.05, 0.1) is 5.54 Å². The second-order valence-corrected chi connectivity index (χ2v) is 8.13. The summed E-state index contributed by atoms with van der Waals surface area (Å²) in [6.07, 6.45) is 5.92. The molecule has 2 fully saturated rings. The molecule has 0 amide bonds. The average molecular weight is 371 g/mol. The molecule has 2 saturated carbocycles. The first-order chi connectivity index (χ1) is 13.1. The van der Waals surface area contributed by atoms with Crippen molar-refractivity contribution in [3.8, 4) is 5.75 Å². The summed E-state index contributed by atoms with van der Waals surface area (Å²) in [6, 6.07) is 6.07. The molecular weight excluding hydrogens is 342 g/mol. The number of nitrogens with one attached hydrogen (secondary N) is 1. The molecule has 4 rings (SSSR count). The number of hydrogen-bond donors (Lipinski definition) is 2. The van der Waals surface area contributed by atoms with E-state index in [1.54, 1.807) is 0 Å². The molecule has 146 valence electrons. The average Bonchev–Trinajstić information content (AvgIpc) is 3.18. The van der Waals surface area contributed by atoms with Gasteiger partial charge in [-0.05, 0) is 51.2 Å². The van der Waals surface area contributed by atoms with Gasteiger partial charge < -0.3 is 19.7 Å². The Kier molecular flexibility index (Phi) is 5.19. The van der Waals surface area contributed by atoms with Crippen molar-refractivity contribution in [1.82, 2.24) is 15.5 Å². The standard InChI is InChI=1S/C21H29N3O3/c1-14-5-8-18(15(2)11-14)26-13-17(25)12-22-21(9-3-4-10-21)20-23-19(27-24-20)16-6-7-16/h5,8,11,16-17,22,25H,3-4,6-7,9-10,12-13H2,1-2H3. The number of hydrogen-bond acceptors (Lipinski definition) is 6. The summed E-state index contributed by atoms with van der Waals surface area (Å²) in [5.74, 6) is 2.81. The molecule has 2 aliphatic rings. The highest BCUT2D eigenvalue weighted by atomic mass is 16.5. The molecule has 0 bridgehead atoms. The van der Waals surface area contributed by atoms with Crippen LogP contribution in [-0.4, -0.2) is 34.5 Å². The predicted molar refractivity (Wildman–Crippen MR) is 102 cm³/mol. The van der Waals surface area contributed by atoms with Gasteiger partial charge in [-0.15, -0.1) is 0 Å². The molecular formula is C21H29N3O3. The monoisotopic (exact) mass is 371 g/mol. The van der Waals surface area contributed by atoms with Gasteiger partial charge in [-0.2, -0.15) is 4.98 Å². The Hall–Kier alpha value is -1.92. The topological polar surface area (TPSA) is 80.4 Å². The summed E-state index contributed by atoms with van der Waals surface area (Å²) in [6.45, 7) is 4.78. The third-order valence-electron chi connectivity index (χ3n) is 5.69. The highest BCUT2D eigenvalue weighted by Crippen LogP contribution is 2.42. The molecule has 1 heterocycles. The zero-order valence-corrected chi connectivity index (χ0v) is 16.2. The van der Waals surface area contributed by atoms with Crippen LogP contribution < -0.4 is 10.1 Å². The minimum atomic E-state index is -0.599. The lowest BCUT2D eigenvalue weighted by atomic mass is 9.96. The summed E-state index contributed by atoms with van der Waals surface area (Å²) >= 11 is 0. The van der Waals surface area contributed by atoms with E-state index in [-0.39, 0.29) is 12.1 Å². The Labute approximate surface area is 160 Å². The van der Waals surface area contributed by atoms with Gasteiger partial charge in [0.1, 0.15) is 18.5 Å². The molecule has 2 N–H and O–H groups in total. The third-order valence-corrected chi connectivity index (χ3v) is 5.69. The van der Waals surface area contributed by atoms with Crippen molar-refractivity contribution < 1.29 is 14.4 Å². The van der Waals surface area contributed by atoms with Gasteiger partial charge in [0.2, 0.25) is 5.89 Å². The highest BCUT2D eigenvalue weighted by molar-refractivity contribution is 5.35. The van der Waals surface area contributed by atoms with E-state index >= 15 is 0 Å². The van der Waals surface area contributed by atoms with Gasteiger partial charge in [0.25, 0.3) is 0 Å². The molecule has 2 aromatic rings. The highest BCUT2D eigenvalue weighted by Gasteiger charge is 2.41. The van der Waals surface area contributed by atoms with Crippen LogP contribution in [0, 0.1) is 13.8 Å². The van der Waals surface area contributed by atoms with Gasteiger partial charge in [0.15, 0.2) is 5.82 Å². The molecule has 27 heavy (non-hydrogen) atoms. The molecule has 0 saturated heterocycles. The van der Waals surface area contributed by atoms with Crippen molar-refractivity contribution in [2.75, 3.05) is 13.2 Å². The van der Waals surface area contributed by atoms with Crippen molar-refractivity contribution >= 4 is 0 Å². The van der Waals surface area contributed by atoms with E-state index in [9.17, 15) is 5.11 Å². The Morgan fingerprint density at radius 1 is 1.30 bits per heavy atom. The molecule has 0 aliphatic heterocycles. The van der Waals surface area contributed by atoms with E-state index in [0.717, 1.165) is 61.6 Å². The predicted octanol–water partition coefficient (Wildman–Crippen LogP) is 3.36. The smallest absolute Gasteiger partial charge is 0.229 e. The normalized spacial score (nSPS) is 20.0. The fourth-order valence-electron chi connectivity index (χ4n) is 3.90. The first-order valence-electron chi connectivity index (χ1n) is 10.0. The van der Waals surface area contributed by atoms with Gasteiger partial charge >= 0.3 is 0 Å². The number of aliphatic hydroxyl groups excluding tert-OH is 1. The van der Waals surface area contributed by atoms with E-state index in [2.05, 4.69) is 28.4 Å². The molecule has 6 nitrogen and oxygen atoms in total.